The highest BCUT2D eigenvalue weighted by Crippen LogP contribution is 2.28. The Hall–Kier alpha value is -2.50. The first-order valence-corrected chi connectivity index (χ1v) is 4.47. The largest absolute Gasteiger partial charge is 0.511 e. The van der Waals surface area contributed by atoms with Gasteiger partial charge in [-0.25, -0.2) is 4.79 Å². The van der Waals surface area contributed by atoms with E-state index in [1.165, 1.54) is 6.20 Å². The predicted octanol–water partition coefficient (Wildman–Crippen LogP) is 1.72. The summed E-state index contributed by atoms with van der Waals surface area (Å²) in [5.41, 5.74) is 7.40. The number of hydrogen-bond acceptors (Lipinski definition) is 4. The van der Waals surface area contributed by atoms with Crippen LogP contribution in [0.1, 0.15) is 0 Å². The number of benzene rings is 1. The van der Waals surface area contributed by atoms with E-state index in [-0.39, 0.29) is 5.75 Å². The predicted molar refractivity (Wildman–Crippen MR) is 57.1 cm³/mol. The summed E-state index contributed by atoms with van der Waals surface area (Å²) >= 11 is 0. The molecule has 6 heteroatoms. The Morgan fingerprint density at radius 2 is 2.31 bits per heavy atom. The van der Waals surface area contributed by atoms with E-state index >= 15 is 0 Å². The maximum absolute atomic E-state index is 10.4. The van der Waals surface area contributed by atoms with Gasteiger partial charge in [0, 0.05) is 11.3 Å². The SMILES string of the molecule is Nc1cccc(-c2[nH]ncc2OC(=O)O)c1. The molecule has 4 N–H and O–H groups in total. The molecule has 2 rings (SSSR count). The Morgan fingerprint density at radius 3 is 3.00 bits per heavy atom. The normalized spacial score (nSPS) is 10.0. The quantitative estimate of drug-likeness (QED) is 0.527. The molecule has 0 saturated heterocycles. The molecule has 0 spiro atoms. The lowest BCUT2D eigenvalue weighted by atomic mass is 10.1. The summed E-state index contributed by atoms with van der Waals surface area (Å²) in [4.78, 5) is 10.4. The van der Waals surface area contributed by atoms with Crippen molar-refractivity contribution in [2.24, 2.45) is 0 Å². The van der Waals surface area contributed by atoms with E-state index in [0.717, 1.165) is 0 Å². The highest BCUT2D eigenvalue weighted by Gasteiger charge is 2.11. The number of H-pyrrole nitrogens is 1. The van der Waals surface area contributed by atoms with Gasteiger partial charge in [0.1, 0.15) is 5.69 Å². The second kappa shape index (κ2) is 3.93. The van der Waals surface area contributed by atoms with E-state index in [4.69, 9.17) is 10.8 Å². The summed E-state index contributed by atoms with van der Waals surface area (Å²) in [5, 5.41) is 14.9. The number of nitrogen functional groups attached to an aromatic ring is 1. The highest BCUT2D eigenvalue weighted by molar-refractivity contribution is 5.72. The Labute approximate surface area is 90.7 Å². The fraction of sp³-hybridized carbons (Fsp3) is 0. The molecule has 0 atom stereocenters. The summed E-state index contributed by atoms with van der Waals surface area (Å²) in [7, 11) is 0. The molecule has 6 nitrogen and oxygen atoms in total. The minimum Gasteiger partial charge on any atom is -0.449 e. The molecule has 16 heavy (non-hydrogen) atoms. The maximum atomic E-state index is 10.4. The Bertz CT molecular complexity index is 522. The molecule has 0 radical (unpaired) electrons. The topological polar surface area (TPSA) is 101 Å². The molecule has 1 aromatic carbocycles. The number of aromatic nitrogens is 2. The van der Waals surface area contributed by atoms with E-state index in [2.05, 4.69) is 14.9 Å². The third kappa shape index (κ3) is 1.95. The van der Waals surface area contributed by atoms with E-state index in [1.54, 1.807) is 24.3 Å². The monoisotopic (exact) mass is 219 g/mol. The zero-order valence-electron chi connectivity index (χ0n) is 8.18. The molecule has 82 valence electrons. The van der Waals surface area contributed by atoms with Crippen LogP contribution in [-0.2, 0) is 0 Å². The Balaban J connectivity index is 2.40. The van der Waals surface area contributed by atoms with E-state index in [1.807, 2.05) is 0 Å². The number of rotatable bonds is 2. The van der Waals surface area contributed by atoms with Gasteiger partial charge in [-0.3, -0.25) is 5.10 Å². The Morgan fingerprint density at radius 1 is 1.50 bits per heavy atom. The van der Waals surface area contributed by atoms with Crippen molar-refractivity contribution in [3.8, 4) is 17.0 Å². The van der Waals surface area contributed by atoms with E-state index in [0.29, 0.717) is 16.9 Å². The minimum atomic E-state index is -1.38. The van der Waals surface area contributed by atoms with Crippen LogP contribution in [0.2, 0.25) is 0 Å². The summed E-state index contributed by atoms with van der Waals surface area (Å²) < 4.78 is 4.56. The van der Waals surface area contributed by atoms with Crippen LogP contribution in [0.15, 0.2) is 30.5 Å². The van der Waals surface area contributed by atoms with E-state index < -0.39 is 6.16 Å². The van der Waals surface area contributed by atoms with Gasteiger partial charge < -0.3 is 15.6 Å². The number of hydrogen-bond donors (Lipinski definition) is 3. The molecular weight excluding hydrogens is 210 g/mol. The van der Waals surface area contributed by atoms with Crippen molar-refractivity contribution in [3.05, 3.63) is 30.5 Å². The van der Waals surface area contributed by atoms with Gasteiger partial charge in [-0.15, -0.1) is 0 Å². The lowest BCUT2D eigenvalue weighted by Crippen LogP contribution is -2.03. The van der Waals surface area contributed by atoms with E-state index in [9.17, 15) is 4.79 Å². The van der Waals surface area contributed by atoms with Crippen molar-refractivity contribution in [1.82, 2.24) is 10.2 Å². The fourth-order valence-electron chi connectivity index (χ4n) is 1.35. The molecule has 1 heterocycles. The van der Waals surface area contributed by atoms with Gasteiger partial charge >= 0.3 is 6.16 Å². The molecule has 0 saturated carbocycles. The summed E-state index contributed by atoms with van der Waals surface area (Å²) in [5.74, 6) is 0.151. The minimum absolute atomic E-state index is 0.151. The van der Waals surface area contributed by atoms with Crippen LogP contribution in [-0.4, -0.2) is 21.5 Å². The molecule has 0 aliphatic heterocycles. The Kier molecular flexibility index (Phi) is 2.47. The number of ether oxygens (including phenoxy) is 1. The van der Waals surface area contributed by atoms with Crippen LogP contribution >= 0.6 is 0 Å². The third-order valence-corrected chi connectivity index (χ3v) is 1.98. The van der Waals surface area contributed by atoms with Crippen molar-refractivity contribution in [2.75, 3.05) is 5.73 Å². The summed E-state index contributed by atoms with van der Waals surface area (Å²) in [6, 6.07) is 6.97. The van der Waals surface area contributed by atoms with Crippen LogP contribution in [0, 0.1) is 0 Å². The molecule has 0 fully saturated rings. The number of anilines is 1. The van der Waals surface area contributed by atoms with Crippen LogP contribution in [0.25, 0.3) is 11.3 Å². The highest BCUT2D eigenvalue weighted by atomic mass is 16.7. The molecule has 0 amide bonds. The second-order valence-electron chi connectivity index (χ2n) is 3.10. The lowest BCUT2D eigenvalue weighted by molar-refractivity contribution is 0.144. The molecule has 0 unspecified atom stereocenters. The number of nitrogens with one attached hydrogen (secondary N) is 1. The number of nitrogens with two attached hydrogens (primary N) is 1. The van der Waals surface area contributed by atoms with Crippen molar-refractivity contribution in [1.29, 1.82) is 0 Å². The van der Waals surface area contributed by atoms with Gasteiger partial charge in [-0.05, 0) is 12.1 Å². The van der Waals surface area contributed by atoms with Crippen molar-refractivity contribution < 1.29 is 14.6 Å². The first kappa shape index (κ1) is 10.0. The van der Waals surface area contributed by atoms with Crippen LogP contribution in [0.3, 0.4) is 0 Å². The average molecular weight is 219 g/mol. The lowest BCUT2D eigenvalue weighted by Gasteiger charge is -2.02. The van der Waals surface area contributed by atoms with Gasteiger partial charge in [0.25, 0.3) is 0 Å². The van der Waals surface area contributed by atoms with Crippen LogP contribution < -0.4 is 10.5 Å². The molecule has 0 aliphatic rings. The standard InChI is InChI=1S/C10H9N3O3/c11-7-3-1-2-6(4-7)9-8(5-12-13-9)16-10(14)15/h1-5H,11H2,(H,12,13)(H,14,15). The summed E-state index contributed by atoms with van der Waals surface area (Å²) in [6.07, 6.45) is -0.0846. The summed E-state index contributed by atoms with van der Waals surface area (Å²) in [6.45, 7) is 0. The zero-order chi connectivity index (χ0) is 11.5. The van der Waals surface area contributed by atoms with Gasteiger partial charge in [-0.2, -0.15) is 5.10 Å². The van der Waals surface area contributed by atoms with Crippen molar-refractivity contribution >= 4 is 11.8 Å². The van der Waals surface area contributed by atoms with Crippen molar-refractivity contribution in [3.63, 3.8) is 0 Å². The molecule has 0 aliphatic carbocycles. The zero-order valence-corrected chi connectivity index (χ0v) is 8.18. The molecule has 2 aromatic rings. The van der Waals surface area contributed by atoms with Crippen LogP contribution in [0.4, 0.5) is 10.5 Å². The van der Waals surface area contributed by atoms with Gasteiger partial charge in [-0.1, -0.05) is 12.1 Å². The number of nitrogens with zero attached hydrogens (tertiary/aromatic N) is 1. The van der Waals surface area contributed by atoms with Crippen molar-refractivity contribution in [2.45, 2.75) is 0 Å². The van der Waals surface area contributed by atoms with Gasteiger partial charge in [0.15, 0.2) is 5.75 Å². The first-order chi connectivity index (χ1) is 7.66. The molecule has 1 aromatic heterocycles. The third-order valence-electron chi connectivity index (χ3n) is 1.98. The number of carboxylic acid groups (broad SMARTS) is 1. The smallest absolute Gasteiger partial charge is 0.449 e. The maximum Gasteiger partial charge on any atom is 0.511 e. The second-order valence-corrected chi connectivity index (χ2v) is 3.10. The molecule has 0 bridgehead atoms. The van der Waals surface area contributed by atoms with Crippen LogP contribution in [0.5, 0.6) is 5.75 Å². The van der Waals surface area contributed by atoms with Gasteiger partial charge in [0.2, 0.25) is 0 Å². The molecular formula is C10H9N3O3. The number of aromatic amines is 1. The average Bonchev–Trinajstić information content (AvgIpc) is 2.65. The first-order valence-electron chi connectivity index (χ1n) is 4.47. The fourth-order valence-corrected chi connectivity index (χ4v) is 1.35. The van der Waals surface area contributed by atoms with Gasteiger partial charge in [0.05, 0.1) is 6.20 Å². The number of carbonyl (C=O) groups is 1.